The lowest BCUT2D eigenvalue weighted by Gasteiger charge is -2.35. The number of benzene rings is 2. The van der Waals surface area contributed by atoms with Gasteiger partial charge in [0.15, 0.2) is 0 Å². The van der Waals surface area contributed by atoms with E-state index in [1.807, 2.05) is 56.3 Å². The third-order valence-corrected chi connectivity index (χ3v) is 7.26. The lowest BCUT2D eigenvalue weighted by Crippen LogP contribution is -2.54. The van der Waals surface area contributed by atoms with E-state index < -0.39 is 23.8 Å². The molecule has 7 heteroatoms. The Labute approximate surface area is 260 Å². The predicted molar refractivity (Wildman–Crippen MR) is 175 cm³/mol. The molecule has 0 aliphatic carbocycles. The molecule has 238 valence electrons. The fourth-order valence-corrected chi connectivity index (χ4v) is 5.25. The third kappa shape index (κ3) is 13.2. The monoisotopic (exact) mass is 593 g/mol. The zero-order chi connectivity index (χ0) is 31.8. The van der Waals surface area contributed by atoms with E-state index in [9.17, 15) is 14.4 Å². The smallest absolute Gasteiger partial charge is 0.408 e. The van der Waals surface area contributed by atoms with Gasteiger partial charge in [0, 0.05) is 19.5 Å². The molecule has 0 aliphatic rings. The van der Waals surface area contributed by atoms with Crippen LogP contribution < -0.4 is 10.6 Å². The van der Waals surface area contributed by atoms with Gasteiger partial charge in [-0.05, 0) is 58.6 Å². The van der Waals surface area contributed by atoms with Gasteiger partial charge in [-0.1, -0.05) is 112 Å². The minimum absolute atomic E-state index is 0.200. The first kappa shape index (κ1) is 35.8. The van der Waals surface area contributed by atoms with Crippen molar-refractivity contribution in [3.63, 3.8) is 0 Å². The molecule has 2 N–H and O–H groups in total. The Morgan fingerprint density at radius 2 is 1.44 bits per heavy atom. The number of hydrogen-bond acceptors (Lipinski definition) is 4. The minimum atomic E-state index is -0.908. The number of ether oxygens (including phenoxy) is 1. The lowest BCUT2D eigenvalue weighted by molar-refractivity contribution is -0.142. The molecule has 0 aromatic heterocycles. The molecule has 0 saturated heterocycles. The molecule has 2 aromatic rings. The van der Waals surface area contributed by atoms with Crippen molar-refractivity contribution in [3.05, 3.63) is 70.8 Å². The molecule has 0 bridgehead atoms. The minimum Gasteiger partial charge on any atom is -0.444 e. The highest BCUT2D eigenvalue weighted by Crippen LogP contribution is 2.26. The van der Waals surface area contributed by atoms with Crippen molar-refractivity contribution >= 4 is 17.9 Å². The SMILES string of the molecule is CCCCCCCCN(C(=O)C(Cc1ccccc1)NC(=O)OC(C)(C)C)C(C(=O)NCCCC)c1cc(C)cc(C)c1. The fourth-order valence-electron chi connectivity index (χ4n) is 5.25. The summed E-state index contributed by atoms with van der Waals surface area (Å²) in [5.74, 6) is -0.494. The number of carbonyl (C=O) groups excluding carboxylic acids is 3. The van der Waals surface area contributed by atoms with Gasteiger partial charge in [-0.3, -0.25) is 9.59 Å². The van der Waals surface area contributed by atoms with E-state index >= 15 is 0 Å². The van der Waals surface area contributed by atoms with Gasteiger partial charge in [0.1, 0.15) is 17.7 Å². The molecule has 2 rings (SSSR count). The summed E-state index contributed by atoms with van der Waals surface area (Å²) in [6, 6.07) is 13.9. The van der Waals surface area contributed by atoms with Crippen LogP contribution >= 0.6 is 0 Å². The molecule has 2 aromatic carbocycles. The van der Waals surface area contributed by atoms with Gasteiger partial charge < -0.3 is 20.3 Å². The summed E-state index contributed by atoms with van der Waals surface area (Å²) in [4.78, 5) is 43.2. The van der Waals surface area contributed by atoms with Gasteiger partial charge in [-0.2, -0.15) is 0 Å². The van der Waals surface area contributed by atoms with Crippen molar-refractivity contribution in [1.29, 1.82) is 0 Å². The molecule has 43 heavy (non-hydrogen) atoms. The summed E-state index contributed by atoms with van der Waals surface area (Å²) in [5.41, 5.74) is 3.03. The van der Waals surface area contributed by atoms with E-state index in [-0.39, 0.29) is 18.2 Å². The number of amides is 3. The highest BCUT2D eigenvalue weighted by molar-refractivity contribution is 5.92. The van der Waals surface area contributed by atoms with E-state index in [1.165, 1.54) is 6.42 Å². The quantitative estimate of drug-likeness (QED) is 0.185. The van der Waals surface area contributed by atoms with Crippen molar-refractivity contribution in [2.75, 3.05) is 13.1 Å². The topological polar surface area (TPSA) is 87.7 Å². The average molecular weight is 594 g/mol. The molecule has 0 aliphatic heterocycles. The molecule has 0 fully saturated rings. The van der Waals surface area contributed by atoms with E-state index in [2.05, 4.69) is 30.5 Å². The summed E-state index contributed by atoms with van der Waals surface area (Å²) in [5, 5.41) is 5.95. The second-order valence-corrected chi connectivity index (χ2v) is 12.7. The van der Waals surface area contributed by atoms with Crippen LogP contribution in [-0.2, 0) is 20.7 Å². The molecule has 2 unspecified atom stereocenters. The largest absolute Gasteiger partial charge is 0.444 e. The maximum absolute atomic E-state index is 14.6. The van der Waals surface area contributed by atoms with Crippen LogP contribution in [0.2, 0.25) is 0 Å². The molecule has 0 radical (unpaired) electrons. The number of rotatable bonds is 17. The standard InChI is InChI=1S/C36H55N3O4/c1-8-10-12-13-14-18-22-39(32(33(40)37-21-11-9-2)30-24-27(3)23-28(4)25-30)34(41)31(26-29-19-16-15-17-20-29)38-35(42)43-36(5,6)7/h15-17,19-20,23-25,31-32H,8-14,18,21-22,26H2,1-7H3,(H,37,40)(H,38,42). The number of nitrogens with zero attached hydrogens (tertiary/aromatic N) is 1. The van der Waals surface area contributed by atoms with Crippen LogP contribution in [0.3, 0.4) is 0 Å². The van der Waals surface area contributed by atoms with Gasteiger partial charge in [-0.15, -0.1) is 0 Å². The highest BCUT2D eigenvalue weighted by Gasteiger charge is 2.36. The predicted octanol–water partition coefficient (Wildman–Crippen LogP) is 7.59. The molecule has 7 nitrogen and oxygen atoms in total. The summed E-state index contributed by atoms with van der Waals surface area (Å²) >= 11 is 0. The number of hydrogen-bond donors (Lipinski definition) is 2. The number of nitrogens with one attached hydrogen (secondary N) is 2. The normalized spacial score (nSPS) is 12.7. The van der Waals surface area contributed by atoms with Gasteiger partial charge >= 0.3 is 6.09 Å². The molecule has 3 amide bonds. The van der Waals surface area contributed by atoms with Crippen LogP contribution in [0, 0.1) is 13.8 Å². The van der Waals surface area contributed by atoms with Gasteiger partial charge in [-0.25, -0.2) is 4.79 Å². The zero-order valence-corrected chi connectivity index (χ0v) is 27.6. The van der Waals surface area contributed by atoms with Crippen molar-refractivity contribution in [3.8, 4) is 0 Å². The van der Waals surface area contributed by atoms with E-state index in [4.69, 9.17) is 4.74 Å². The summed E-state index contributed by atoms with van der Waals surface area (Å²) in [7, 11) is 0. The van der Waals surface area contributed by atoms with Crippen LogP contribution in [0.15, 0.2) is 48.5 Å². The summed E-state index contributed by atoms with van der Waals surface area (Å²) in [6.07, 6.45) is 7.74. The van der Waals surface area contributed by atoms with Gasteiger partial charge in [0.25, 0.3) is 0 Å². The maximum Gasteiger partial charge on any atom is 0.408 e. The van der Waals surface area contributed by atoms with Gasteiger partial charge in [0.05, 0.1) is 0 Å². The van der Waals surface area contributed by atoms with Crippen molar-refractivity contribution in [1.82, 2.24) is 15.5 Å². The summed E-state index contributed by atoms with van der Waals surface area (Å²) in [6.45, 7) is 14.6. The van der Waals surface area contributed by atoms with Crippen LogP contribution in [0.5, 0.6) is 0 Å². The molecule has 0 heterocycles. The Kier molecular flexibility index (Phi) is 15.3. The lowest BCUT2D eigenvalue weighted by atomic mass is 9.97. The molecule has 0 saturated carbocycles. The van der Waals surface area contributed by atoms with Crippen molar-refractivity contribution in [2.45, 2.75) is 124 Å². The second-order valence-electron chi connectivity index (χ2n) is 12.7. The summed E-state index contributed by atoms with van der Waals surface area (Å²) < 4.78 is 5.56. The molecule has 2 atom stereocenters. The molecule has 0 spiro atoms. The highest BCUT2D eigenvalue weighted by atomic mass is 16.6. The van der Waals surface area contributed by atoms with Crippen LogP contribution in [0.25, 0.3) is 0 Å². The zero-order valence-electron chi connectivity index (χ0n) is 27.6. The Balaban J connectivity index is 2.54. The van der Waals surface area contributed by atoms with E-state index in [1.54, 1.807) is 25.7 Å². The van der Waals surface area contributed by atoms with Crippen LogP contribution in [-0.4, -0.2) is 47.5 Å². The first-order valence-corrected chi connectivity index (χ1v) is 16.1. The Morgan fingerprint density at radius 3 is 2.05 bits per heavy atom. The van der Waals surface area contributed by atoms with Gasteiger partial charge in [0.2, 0.25) is 11.8 Å². The molecular weight excluding hydrogens is 538 g/mol. The first-order valence-electron chi connectivity index (χ1n) is 16.1. The fraction of sp³-hybridized carbons (Fsp3) is 0.583. The molecular formula is C36H55N3O4. The maximum atomic E-state index is 14.6. The van der Waals surface area contributed by atoms with Crippen molar-refractivity contribution in [2.24, 2.45) is 0 Å². The first-order chi connectivity index (χ1) is 20.4. The van der Waals surface area contributed by atoms with Crippen LogP contribution in [0.1, 0.15) is 114 Å². The number of unbranched alkanes of at least 4 members (excludes halogenated alkanes) is 6. The average Bonchev–Trinajstić information content (AvgIpc) is 2.92. The van der Waals surface area contributed by atoms with Crippen LogP contribution in [0.4, 0.5) is 4.79 Å². The number of carbonyl (C=O) groups is 3. The second kappa shape index (κ2) is 18.3. The van der Waals surface area contributed by atoms with Crippen molar-refractivity contribution < 1.29 is 19.1 Å². The third-order valence-electron chi connectivity index (χ3n) is 7.26. The number of aryl methyl sites for hydroxylation is 2. The van der Waals surface area contributed by atoms with E-state index in [0.29, 0.717) is 13.1 Å². The Morgan fingerprint density at radius 1 is 0.837 bits per heavy atom. The number of alkyl carbamates (subject to hydrolysis) is 1. The Hall–Kier alpha value is -3.35. The van der Waals surface area contributed by atoms with E-state index in [0.717, 1.165) is 67.2 Å². The Bertz CT molecular complexity index is 1120.